The molecule has 0 spiro atoms. The number of benzene rings is 1. The summed E-state index contributed by atoms with van der Waals surface area (Å²) in [6, 6.07) is 9.01. The molecule has 1 aromatic carbocycles. The second-order valence-corrected chi connectivity index (χ2v) is 6.57. The molecule has 0 aliphatic carbocycles. The van der Waals surface area contributed by atoms with Crippen molar-refractivity contribution in [2.75, 3.05) is 5.32 Å². The Bertz CT molecular complexity index is 485. The van der Waals surface area contributed by atoms with E-state index in [-0.39, 0.29) is 6.17 Å². The minimum Gasteiger partial charge on any atom is -0.381 e. The average Bonchev–Trinajstić information content (AvgIpc) is 2.78. The standard InChI is InChI=1S/C16H24N2O/c1-10(2)14-9-16(19)12-7-5-6-8-13(12)17-15(16)18(14)11(3)4/h5-8,10-11,14-15,17,19H,9H2,1-4H3/t14-,15-,16+/m0/s1. The number of rotatable bonds is 2. The van der Waals surface area contributed by atoms with Crippen LogP contribution in [0.15, 0.2) is 24.3 Å². The molecule has 19 heavy (non-hydrogen) atoms. The van der Waals surface area contributed by atoms with Crippen molar-refractivity contribution in [3.8, 4) is 0 Å². The smallest absolute Gasteiger partial charge is 0.127 e. The van der Waals surface area contributed by atoms with Crippen LogP contribution < -0.4 is 5.32 Å². The summed E-state index contributed by atoms with van der Waals surface area (Å²) in [5.74, 6) is 0.547. The molecule has 2 N–H and O–H groups in total. The molecule has 3 heteroatoms. The van der Waals surface area contributed by atoms with Crippen molar-refractivity contribution >= 4 is 5.69 Å². The number of anilines is 1. The fourth-order valence-electron chi connectivity index (χ4n) is 3.82. The van der Waals surface area contributed by atoms with E-state index in [1.54, 1.807) is 0 Å². The number of fused-ring (bicyclic) bond motifs is 3. The third-order valence-corrected chi connectivity index (χ3v) is 4.71. The first-order valence-electron chi connectivity index (χ1n) is 7.31. The lowest BCUT2D eigenvalue weighted by molar-refractivity contribution is 0.0127. The summed E-state index contributed by atoms with van der Waals surface area (Å²) in [4.78, 5) is 2.45. The number of nitrogens with zero attached hydrogens (tertiary/aromatic N) is 1. The average molecular weight is 260 g/mol. The summed E-state index contributed by atoms with van der Waals surface area (Å²) in [6.45, 7) is 8.92. The van der Waals surface area contributed by atoms with Gasteiger partial charge in [0.1, 0.15) is 11.8 Å². The molecule has 0 radical (unpaired) electrons. The van der Waals surface area contributed by atoms with E-state index in [9.17, 15) is 5.11 Å². The Morgan fingerprint density at radius 1 is 1.26 bits per heavy atom. The lowest BCUT2D eigenvalue weighted by Crippen LogP contribution is -2.49. The van der Waals surface area contributed by atoms with E-state index < -0.39 is 5.60 Å². The predicted molar refractivity (Wildman–Crippen MR) is 78.0 cm³/mol. The van der Waals surface area contributed by atoms with Gasteiger partial charge in [0.15, 0.2) is 0 Å². The maximum atomic E-state index is 11.2. The molecule has 2 aliphatic heterocycles. The van der Waals surface area contributed by atoms with Crippen LogP contribution in [0.4, 0.5) is 5.69 Å². The van der Waals surface area contributed by atoms with Gasteiger partial charge in [-0.15, -0.1) is 0 Å². The summed E-state index contributed by atoms with van der Waals surface area (Å²) in [7, 11) is 0. The monoisotopic (exact) mass is 260 g/mol. The molecule has 3 rings (SSSR count). The highest BCUT2D eigenvalue weighted by molar-refractivity contribution is 5.61. The highest BCUT2D eigenvalue weighted by Crippen LogP contribution is 2.50. The zero-order valence-electron chi connectivity index (χ0n) is 12.2. The van der Waals surface area contributed by atoms with Crippen molar-refractivity contribution in [2.45, 2.75) is 58.0 Å². The number of likely N-dealkylation sites (tertiary alicyclic amines) is 1. The van der Waals surface area contributed by atoms with E-state index in [2.05, 4.69) is 50.0 Å². The SMILES string of the molecule is CC(C)[C@@H]1C[C@@]2(O)c3ccccc3N[C@H]2N1C(C)C. The molecule has 104 valence electrons. The highest BCUT2D eigenvalue weighted by Gasteiger charge is 2.57. The number of aliphatic hydroxyl groups is 1. The van der Waals surface area contributed by atoms with Crippen molar-refractivity contribution in [3.05, 3.63) is 29.8 Å². The molecule has 2 heterocycles. The van der Waals surface area contributed by atoms with Gasteiger partial charge in [0.05, 0.1) is 0 Å². The van der Waals surface area contributed by atoms with Crippen LogP contribution in [-0.2, 0) is 5.60 Å². The molecule has 1 saturated heterocycles. The second-order valence-electron chi connectivity index (χ2n) is 6.57. The highest BCUT2D eigenvalue weighted by atomic mass is 16.3. The first-order chi connectivity index (χ1) is 8.95. The molecule has 0 bridgehead atoms. The van der Waals surface area contributed by atoms with Gasteiger partial charge in [0.2, 0.25) is 0 Å². The first kappa shape index (κ1) is 12.9. The first-order valence-corrected chi connectivity index (χ1v) is 7.31. The molecule has 1 fully saturated rings. The summed E-state index contributed by atoms with van der Waals surface area (Å²) >= 11 is 0. The lowest BCUT2D eigenvalue weighted by atomic mass is 9.88. The third-order valence-electron chi connectivity index (χ3n) is 4.71. The minimum absolute atomic E-state index is 0.0114. The third kappa shape index (κ3) is 1.72. The molecular formula is C16H24N2O. The van der Waals surface area contributed by atoms with Crippen LogP contribution in [0.3, 0.4) is 0 Å². The van der Waals surface area contributed by atoms with Gasteiger partial charge >= 0.3 is 0 Å². The van der Waals surface area contributed by atoms with Crippen molar-refractivity contribution in [1.29, 1.82) is 0 Å². The zero-order valence-corrected chi connectivity index (χ0v) is 12.2. The van der Waals surface area contributed by atoms with Gasteiger partial charge in [0, 0.05) is 23.3 Å². The van der Waals surface area contributed by atoms with Gasteiger partial charge in [-0.3, -0.25) is 4.90 Å². The second kappa shape index (κ2) is 4.22. The maximum absolute atomic E-state index is 11.2. The van der Waals surface area contributed by atoms with Gasteiger partial charge in [-0.05, 0) is 32.3 Å². The Labute approximate surface area is 115 Å². The van der Waals surface area contributed by atoms with Crippen molar-refractivity contribution in [1.82, 2.24) is 4.90 Å². The van der Waals surface area contributed by atoms with Crippen LogP contribution >= 0.6 is 0 Å². The van der Waals surface area contributed by atoms with Crippen LogP contribution in [0.2, 0.25) is 0 Å². The number of hydrogen-bond donors (Lipinski definition) is 2. The van der Waals surface area contributed by atoms with Gasteiger partial charge in [-0.1, -0.05) is 32.0 Å². The fraction of sp³-hybridized carbons (Fsp3) is 0.625. The minimum atomic E-state index is -0.740. The van der Waals surface area contributed by atoms with Crippen LogP contribution in [-0.4, -0.2) is 28.3 Å². The predicted octanol–water partition coefficient (Wildman–Crippen LogP) is 2.76. The van der Waals surface area contributed by atoms with Crippen molar-refractivity contribution < 1.29 is 5.11 Å². The van der Waals surface area contributed by atoms with Gasteiger partial charge in [-0.25, -0.2) is 0 Å². The van der Waals surface area contributed by atoms with Gasteiger partial charge in [0.25, 0.3) is 0 Å². The maximum Gasteiger partial charge on any atom is 0.127 e. The number of nitrogens with one attached hydrogen (secondary N) is 1. The molecule has 0 aromatic heterocycles. The van der Waals surface area contributed by atoms with Crippen LogP contribution in [0.1, 0.15) is 39.7 Å². The van der Waals surface area contributed by atoms with Crippen molar-refractivity contribution in [3.63, 3.8) is 0 Å². The molecule has 3 nitrogen and oxygen atoms in total. The molecule has 3 atom stereocenters. The van der Waals surface area contributed by atoms with E-state index in [1.165, 1.54) is 0 Å². The Morgan fingerprint density at radius 2 is 1.95 bits per heavy atom. The van der Waals surface area contributed by atoms with Gasteiger partial charge < -0.3 is 10.4 Å². The zero-order chi connectivity index (χ0) is 13.8. The number of hydrogen-bond acceptors (Lipinski definition) is 3. The fourth-order valence-corrected chi connectivity index (χ4v) is 3.82. The molecular weight excluding hydrogens is 236 g/mol. The number of para-hydroxylation sites is 1. The van der Waals surface area contributed by atoms with Gasteiger partial charge in [-0.2, -0.15) is 0 Å². The molecule has 1 aromatic rings. The molecule has 2 aliphatic rings. The van der Waals surface area contributed by atoms with Crippen LogP contribution in [0, 0.1) is 5.92 Å². The van der Waals surface area contributed by atoms with E-state index in [1.807, 2.05) is 12.1 Å². The topological polar surface area (TPSA) is 35.5 Å². The summed E-state index contributed by atoms with van der Waals surface area (Å²) in [6.07, 6.45) is 0.828. The quantitative estimate of drug-likeness (QED) is 0.858. The largest absolute Gasteiger partial charge is 0.381 e. The molecule has 0 unspecified atom stereocenters. The van der Waals surface area contributed by atoms with Crippen molar-refractivity contribution in [2.24, 2.45) is 5.92 Å². The van der Waals surface area contributed by atoms with E-state index in [0.29, 0.717) is 18.0 Å². The van der Waals surface area contributed by atoms with E-state index >= 15 is 0 Å². The summed E-state index contributed by atoms with van der Waals surface area (Å²) in [5, 5.41) is 14.7. The molecule has 0 saturated carbocycles. The Morgan fingerprint density at radius 3 is 2.58 bits per heavy atom. The van der Waals surface area contributed by atoms with Crippen LogP contribution in [0.5, 0.6) is 0 Å². The Hall–Kier alpha value is -1.06. The van der Waals surface area contributed by atoms with E-state index in [0.717, 1.165) is 17.7 Å². The lowest BCUT2D eigenvalue weighted by Gasteiger charge is -2.35. The Balaban J connectivity index is 2.04. The summed E-state index contributed by atoms with van der Waals surface area (Å²) in [5.41, 5.74) is 1.41. The Kier molecular flexibility index (Phi) is 2.88. The van der Waals surface area contributed by atoms with E-state index in [4.69, 9.17) is 0 Å². The van der Waals surface area contributed by atoms with Crippen LogP contribution in [0.25, 0.3) is 0 Å². The normalized spacial score (nSPS) is 33.6. The summed E-state index contributed by atoms with van der Waals surface area (Å²) < 4.78 is 0. The molecule has 0 amide bonds.